The monoisotopic (exact) mass is 172 g/mol. The molecule has 1 heteroatoms. The summed E-state index contributed by atoms with van der Waals surface area (Å²) in [5, 5.41) is 9.98. The Morgan fingerprint density at radius 2 is 1.92 bits per heavy atom. The molecule has 0 radical (unpaired) electrons. The van der Waals surface area contributed by atoms with Crippen molar-refractivity contribution >= 4 is 6.08 Å². The number of hydrogen-bond donors (Lipinski definition) is 1. The van der Waals surface area contributed by atoms with Crippen molar-refractivity contribution in [1.29, 1.82) is 0 Å². The fourth-order valence-electron chi connectivity index (χ4n) is 2.09. The Balaban J connectivity index is 2.06. The average Bonchev–Trinajstić information content (AvgIpc) is 2.94. The van der Waals surface area contributed by atoms with Crippen molar-refractivity contribution in [3.05, 3.63) is 41.0 Å². The second-order valence-corrected chi connectivity index (χ2v) is 3.95. The van der Waals surface area contributed by atoms with Crippen molar-refractivity contribution in [3.63, 3.8) is 0 Å². The van der Waals surface area contributed by atoms with Gasteiger partial charge in [0.25, 0.3) is 0 Å². The van der Waals surface area contributed by atoms with Crippen LogP contribution < -0.4 is 0 Å². The van der Waals surface area contributed by atoms with Crippen molar-refractivity contribution in [1.82, 2.24) is 0 Å². The second-order valence-electron chi connectivity index (χ2n) is 3.95. The first-order chi connectivity index (χ1) is 6.36. The Hall–Kier alpha value is -1.08. The van der Waals surface area contributed by atoms with E-state index >= 15 is 0 Å². The Morgan fingerprint density at radius 3 is 2.62 bits per heavy atom. The molecule has 1 atom stereocenters. The van der Waals surface area contributed by atoms with Crippen molar-refractivity contribution < 1.29 is 5.11 Å². The number of benzene rings is 1. The first-order valence-corrected chi connectivity index (χ1v) is 4.85. The molecule has 0 amide bonds. The second kappa shape index (κ2) is 2.46. The summed E-state index contributed by atoms with van der Waals surface area (Å²) < 4.78 is 0. The van der Waals surface area contributed by atoms with Gasteiger partial charge >= 0.3 is 0 Å². The highest BCUT2D eigenvalue weighted by Crippen LogP contribution is 2.47. The number of rotatable bonds is 1. The first kappa shape index (κ1) is 7.34. The van der Waals surface area contributed by atoms with Gasteiger partial charge in [-0.2, -0.15) is 0 Å². The molecule has 13 heavy (non-hydrogen) atoms. The van der Waals surface area contributed by atoms with Gasteiger partial charge in [0.05, 0.1) is 0 Å². The zero-order valence-corrected chi connectivity index (χ0v) is 7.40. The summed E-state index contributed by atoms with van der Waals surface area (Å²) in [7, 11) is 0. The van der Waals surface area contributed by atoms with Crippen molar-refractivity contribution in [2.45, 2.75) is 18.9 Å². The predicted molar refractivity (Wildman–Crippen MR) is 52.1 cm³/mol. The third kappa shape index (κ3) is 1.04. The van der Waals surface area contributed by atoms with Crippen LogP contribution in [0.5, 0.6) is 0 Å². The zero-order chi connectivity index (χ0) is 8.84. The SMILES string of the molecule is OC1C(C2CC2)=Cc2ccccc21. The van der Waals surface area contributed by atoms with E-state index in [0.717, 1.165) is 5.56 Å². The van der Waals surface area contributed by atoms with Crippen LogP contribution in [-0.4, -0.2) is 5.11 Å². The van der Waals surface area contributed by atoms with Gasteiger partial charge in [-0.15, -0.1) is 0 Å². The number of fused-ring (bicyclic) bond motifs is 1. The molecule has 0 saturated heterocycles. The van der Waals surface area contributed by atoms with E-state index in [0.29, 0.717) is 5.92 Å². The molecule has 2 aliphatic carbocycles. The van der Waals surface area contributed by atoms with Gasteiger partial charge in [-0.3, -0.25) is 0 Å². The van der Waals surface area contributed by atoms with Crippen LogP contribution in [-0.2, 0) is 0 Å². The van der Waals surface area contributed by atoms with Gasteiger partial charge in [0.1, 0.15) is 6.10 Å². The number of aliphatic hydroxyl groups excluding tert-OH is 1. The number of aliphatic hydroxyl groups is 1. The smallest absolute Gasteiger partial charge is 0.101 e. The van der Waals surface area contributed by atoms with E-state index in [1.165, 1.54) is 24.0 Å². The maximum Gasteiger partial charge on any atom is 0.101 e. The third-order valence-electron chi connectivity index (χ3n) is 2.98. The standard InChI is InChI=1S/C12H12O/c13-12-10-4-2-1-3-9(10)7-11(12)8-5-6-8/h1-4,7-8,12-13H,5-6H2. The van der Waals surface area contributed by atoms with Crippen LogP contribution in [0.3, 0.4) is 0 Å². The quantitative estimate of drug-likeness (QED) is 0.690. The Kier molecular flexibility index (Phi) is 1.39. The van der Waals surface area contributed by atoms with Gasteiger partial charge in [-0.05, 0) is 35.5 Å². The molecule has 1 saturated carbocycles. The third-order valence-corrected chi connectivity index (χ3v) is 2.98. The van der Waals surface area contributed by atoms with Gasteiger partial charge in [0.2, 0.25) is 0 Å². The van der Waals surface area contributed by atoms with Crippen LogP contribution in [0.2, 0.25) is 0 Å². The van der Waals surface area contributed by atoms with Gasteiger partial charge in [0.15, 0.2) is 0 Å². The minimum atomic E-state index is -0.316. The summed E-state index contributed by atoms with van der Waals surface area (Å²) in [6.07, 6.45) is 4.37. The van der Waals surface area contributed by atoms with E-state index in [-0.39, 0.29) is 6.10 Å². The van der Waals surface area contributed by atoms with Gasteiger partial charge in [-0.1, -0.05) is 30.3 Å². The summed E-state index contributed by atoms with van der Waals surface area (Å²) in [5.74, 6) is 0.669. The predicted octanol–water partition coefficient (Wildman–Crippen LogP) is 2.53. The lowest BCUT2D eigenvalue weighted by atomic mass is 10.0. The summed E-state index contributed by atoms with van der Waals surface area (Å²) >= 11 is 0. The summed E-state index contributed by atoms with van der Waals surface area (Å²) in [5.41, 5.74) is 3.53. The van der Waals surface area contributed by atoms with Crippen LogP contribution in [0.25, 0.3) is 6.08 Å². The minimum Gasteiger partial charge on any atom is -0.384 e. The highest BCUT2D eigenvalue weighted by atomic mass is 16.3. The van der Waals surface area contributed by atoms with E-state index in [1.807, 2.05) is 18.2 Å². The van der Waals surface area contributed by atoms with E-state index < -0.39 is 0 Å². The highest BCUT2D eigenvalue weighted by Gasteiger charge is 2.34. The molecule has 1 unspecified atom stereocenters. The molecule has 0 aliphatic heterocycles. The maximum atomic E-state index is 9.98. The van der Waals surface area contributed by atoms with E-state index in [1.54, 1.807) is 0 Å². The Bertz CT molecular complexity index is 374. The van der Waals surface area contributed by atoms with Crippen LogP contribution in [0.15, 0.2) is 29.8 Å². The lowest BCUT2D eigenvalue weighted by Crippen LogP contribution is -1.97. The maximum absolute atomic E-state index is 9.98. The minimum absolute atomic E-state index is 0.316. The molecule has 0 heterocycles. The largest absolute Gasteiger partial charge is 0.384 e. The summed E-state index contributed by atoms with van der Waals surface area (Å²) in [6, 6.07) is 8.11. The molecule has 0 aromatic heterocycles. The highest BCUT2D eigenvalue weighted by molar-refractivity contribution is 5.66. The summed E-state index contributed by atoms with van der Waals surface area (Å²) in [4.78, 5) is 0. The molecular weight excluding hydrogens is 160 g/mol. The lowest BCUT2D eigenvalue weighted by Gasteiger charge is -2.08. The van der Waals surface area contributed by atoms with E-state index in [9.17, 15) is 5.11 Å². The van der Waals surface area contributed by atoms with Crippen molar-refractivity contribution in [2.24, 2.45) is 5.92 Å². The van der Waals surface area contributed by atoms with Crippen molar-refractivity contribution in [3.8, 4) is 0 Å². The fourth-order valence-corrected chi connectivity index (χ4v) is 2.09. The average molecular weight is 172 g/mol. The molecule has 1 nitrogen and oxygen atoms in total. The first-order valence-electron chi connectivity index (χ1n) is 4.85. The Labute approximate surface area is 77.7 Å². The van der Waals surface area contributed by atoms with Crippen molar-refractivity contribution in [2.75, 3.05) is 0 Å². The molecule has 0 spiro atoms. The van der Waals surface area contributed by atoms with E-state index in [4.69, 9.17) is 0 Å². The van der Waals surface area contributed by atoms with Crippen LogP contribution in [0, 0.1) is 5.92 Å². The van der Waals surface area contributed by atoms with Crippen LogP contribution >= 0.6 is 0 Å². The molecule has 1 aromatic rings. The molecule has 66 valence electrons. The topological polar surface area (TPSA) is 20.2 Å². The molecule has 1 N–H and O–H groups in total. The van der Waals surface area contributed by atoms with Crippen LogP contribution in [0.4, 0.5) is 0 Å². The van der Waals surface area contributed by atoms with Crippen LogP contribution in [0.1, 0.15) is 30.1 Å². The molecule has 1 fully saturated rings. The Morgan fingerprint density at radius 1 is 1.15 bits per heavy atom. The molecule has 2 aliphatic rings. The van der Waals surface area contributed by atoms with Gasteiger partial charge < -0.3 is 5.11 Å². The fraction of sp³-hybridized carbons (Fsp3) is 0.333. The lowest BCUT2D eigenvalue weighted by molar-refractivity contribution is 0.213. The summed E-state index contributed by atoms with van der Waals surface area (Å²) in [6.45, 7) is 0. The zero-order valence-electron chi connectivity index (χ0n) is 7.40. The molecule has 1 aromatic carbocycles. The number of hydrogen-bond acceptors (Lipinski definition) is 1. The molecule has 0 bridgehead atoms. The normalized spacial score (nSPS) is 25.6. The van der Waals surface area contributed by atoms with E-state index in [2.05, 4.69) is 12.1 Å². The van der Waals surface area contributed by atoms with Gasteiger partial charge in [-0.25, -0.2) is 0 Å². The molecule has 3 rings (SSSR count). The van der Waals surface area contributed by atoms with Gasteiger partial charge in [0, 0.05) is 0 Å². The molecular formula is C12H12O.